The third kappa shape index (κ3) is 2.99. The van der Waals surface area contributed by atoms with E-state index in [1.165, 1.54) is 12.1 Å². The Morgan fingerprint density at radius 3 is 2.38 bits per heavy atom. The van der Waals surface area contributed by atoms with Crippen molar-refractivity contribution >= 4 is 11.6 Å². The van der Waals surface area contributed by atoms with Crippen molar-refractivity contribution in [1.29, 1.82) is 5.26 Å². The zero-order valence-corrected chi connectivity index (χ0v) is 9.27. The first kappa shape index (κ1) is 12.1. The van der Waals surface area contributed by atoms with Crippen LogP contribution in [-0.4, -0.2) is 11.0 Å². The first-order valence-corrected chi connectivity index (χ1v) is 5.04. The Kier molecular flexibility index (Phi) is 3.90. The van der Waals surface area contributed by atoms with Crippen LogP contribution >= 0.6 is 0 Å². The number of nitrogens with zero attached hydrogens (tertiary/aromatic N) is 1. The van der Waals surface area contributed by atoms with Crippen molar-refractivity contribution in [2.45, 2.75) is 13.8 Å². The number of amides is 1. The second-order valence-corrected chi connectivity index (χ2v) is 3.89. The van der Waals surface area contributed by atoms with E-state index in [9.17, 15) is 4.79 Å². The van der Waals surface area contributed by atoms with Crippen LogP contribution in [0.25, 0.3) is 0 Å². The van der Waals surface area contributed by atoms with E-state index in [1.54, 1.807) is 12.1 Å². The molecule has 0 heterocycles. The normalized spacial score (nSPS) is 11.9. The van der Waals surface area contributed by atoms with Crippen LogP contribution in [0.15, 0.2) is 24.3 Å². The number of phenols is 1. The molecule has 1 rings (SSSR count). The number of nitriles is 1. The van der Waals surface area contributed by atoms with E-state index in [1.807, 2.05) is 19.9 Å². The Morgan fingerprint density at radius 1 is 1.38 bits per heavy atom. The zero-order valence-electron chi connectivity index (χ0n) is 9.27. The smallest absolute Gasteiger partial charge is 0.241 e. The average Bonchev–Trinajstić information content (AvgIpc) is 2.22. The number of aromatic hydroxyl groups is 1. The maximum absolute atomic E-state index is 11.7. The summed E-state index contributed by atoms with van der Waals surface area (Å²) in [4.78, 5) is 11.7. The van der Waals surface area contributed by atoms with Crippen LogP contribution < -0.4 is 5.32 Å². The van der Waals surface area contributed by atoms with Crippen molar-refractivity contribution in [3.05, 3.63) is 24.3 Å². The van der Waals surface area contributed by atoms with Gasteiger partial charge in [0.2, 0.25) is 5.91 Å². The van der Waals surface area contributed by atoms with E-state index in [4.69, 9.17) is 10.4 Å². The van der Waals surface area contributed by atoms with Gasteiger partial charge in [-0.2, -0.15) is 5.26 Å². The van der Waals surface area contributed by atoms with Gasteiger partial charge in [-0.05, 0) is 30.2 Å². The molecule has 0 saturated heterocycles. The number of hydrogen-bond acceptors (Lipinski definition) is 3. The summed E-state index contributed by atoms with van der Waals surface area (Å²) in [7, 11) is 0. The Labute approximate surface area is 94.5 Å². The highest BCUT2D eigenvalue weighted by molar-refractivity contribution is 5.94. The van der Waals surface area contributed by atoms with E-state index in [0.717, 1.165) is 0 Å². The molecule has 0 aliphatic carbocycles. The summed E-state index contributed by atoms with van der Waals surface area (Å²) >= 11 is 0. The molecule has 1 unspecified atom stereocenters. The van der Waals surface area contributed by atoms with Crippen molar-refractivity contribution in [1.82, 2.24) is 0 Å². The molecule has 1 amide bonds. The SMILES string of the molecule is CC(C)C(C#N)C(=O)Nc1ccc(O)cc1. The van der Waals surface area contributed by atoms with Gasteiger partial charge in [0.15, 0.2) is 0 Å². The van der Waals surface area contributed by atoms with Gasteiger partial charge in [0, 0.05) is 5.69 Å². The molecule has 0 saturated carbocycles. The molecule has 0 radical (unpaired) electrons. The maximum atomic E-state index is 11.7. The van der Waals surface area contributed by atoms with Gasteiger partial charge in [-0.15, -0.1) is 0 Å². The number of carbonyl (C=O) groups excluding carboxylic acids is 1. The quantitative estimate of drug-likeness (QED) is 0.763. The predicted molar refractivity (Wildman–Crippen MR) is 60.7 cm³/mol. The highest BCUT2D eigenvalue weighted by atomic mass is 16.3. The van der Waals surface area contributed by atoms with Crippen LogP contribution in [0.2, 0.25) is 0 Å². The van der Waals surface area contributed by atoms with Gasteiger partial charge in [0.25, 0.3) is 0 Å². The summed E-state index contributed by atoms with van der Waals surface area (Å²) in [6.45, 7) is 3.65. The second-order valence-electron chi connectivity index (χ2n) is 3.89. The van der Waals surface area contributed by atoms with Crippen molar-refractivity contribution in [2.75, 3.05) is 5.32 Å². The summed E-state index contributed by atoms with van der Waals surface area (Å²) in [6.07, 6.45) is 0. The third-order valence-electron chi connectivity index (χ3n) is 2.22. The fraction of sp³-hybridized carbons (Fsp3) is 0.333. The van der Waals surface area contributed by atoms with Gasteiger partial charge >= 0.3 is 0 Å². The number of carbonyl (C=O) groups is 1. The van der Waals surface area contributed by atoms with Crippen molar-refractivity contribution < 1.29 is 9.90 Å². The molecule has 4 heteroatoms. The Bertz CT molecular complexity index is 404. The Hall–Kier alpha value is -2.02. The van der Waals surface area contributed by atoms with Crippen molar-refractivity contribution in [3.63, 3.8) is 0 Å². The lowest BCUT2D eigenvalue weighted by Crippen LogP contribution is -2.25. The van der Waals surface area contributed by atoms with Crippen molar-refractivity contribution in [3.8, 4) is 11.8 Å². The zero-order chi connectivity index (χ0) is 12.1. The number of hydrogen-bond donors (Lipinski definition) is 2. The molecule has 1 atom stereocenters. The lowest BCUT2D eigenvalue weighted by Gasteiger charge is -2.12. The first-order chi connectivity index (χ1) is 7.54. The highest BCUT2D eigenvalue weighted by Gasteiger charge is 2.21. The largest absolute Gasteiger partial charge is 0.508 e. The minimum absolute atomic E-state index is 0.0258. The lowest BCUT2D eigenvalue weighted by molar-refractivity contribution is -0.119. The highest BCUT2D eigenvalue weighted by Crippen LogP contribution is 2.16. The van der Waals surface area contributed by atoms with E-state index < -0.39 is 5.92 Å². The molecular weight excluding hydrogens is 204 g/mol. The topological polar surface area (TPSA) is 73.1 Å². The van der Waals surface area contributed by atoms with E-state index in [-0.39, 0.29) is 17.6 Å². The predicted octanol–water partition coefficient (Wildman–Crippen LogP) is 2.13. The molecule has 4 nitrogen and oxygen atoms in total. The molecule has 1 aromatic carbocycles. The van der Waals surface area contributed by atoms with Crippen molar-refractivity contribution in [2.24, 2.45) is 11.8 Å². The summed E-state index contributed by atoms with van der Waals surface area (Å²) < 4.78 is 0. The molecule has 0 aliphatic heterocycles. The van der Waals surface area contributed by atoms with Crippen LogP contribution in [0, 0.1) is 23.2 Å². The van der Waals surface area contributed by atoms with Gasteiger partial charge in [-0.25, -0.2) is 0 Å². The summed E-state index contributed by atoms with van der Waals surface area (Å²) in [6, 6.07) is 8.10. The molecule has 0 spiro atoms. The minimum atomic E-state index is -0.659. The molecule has 0 aromatic heterocycles. The summed E-state index contributed by atoms with van der Waals surface area (Å²) in [5.74, 6) is -0.863. The van der Waals surface area contributed by atoms with E-state index in [2.05, 4.69) is 5.32 Å². The van der Waals surface area contributed by atoms with Gasteiger partial charge in [-0.3, -0.25) is 4.79 Å². The van der Waals surface area contributed by atoms with E-state index >= 15 is 0 Å². The minimum Gasteiger partial charge on any atom is -0.508 e. The lowest BCUT2D eigenvalue weighted by atomic mass is 9.96. The average molecular weight is 218 g/mol. The third-order valence-corrected chi connectivity index (χ3v) is 2.22. The van der Waals surface area contributed by atoms with Crippen LogP contribution in [0.4, 0.5) is 5.69 Å². The van der Waals surface area contributed by atoms with Gasteiger partial charge < -0.3 is 10.4 Å². The fourth-order valence-corrected chi connectivity index (χ4v) is 1.28. The van der Waals surface area contributed by atoms with Gasteiger partial charge in [0.1, 0.15) is 11.7 Å². The number of rotatable bonds is 3. The molecule has 1 aromatic rings. The number of nitrogens with one attached hydrogen (secondary N) is 1. The van der Waals surface area contributed by atoms with Crippen LogP contribution in [0.5, 0.6) is 5.75 Å². The molecule has 2 N–H and O–H groups in total. The number of anilines is 1. The number of benzene rings is 1. The van der Waals surface area contributed by atoms with Gasteiger partial charge in [0.05, 0.1) is 6.07 Å². The summed E-state index contributed by atoms with van der Waals surface area (Å²) in [5.41, 5.74) is 0.573. The van der Waals surface area contributed by atoms with Gasteiger partial charge in [-0.1, -0.05) is 13.8 Å². The number of phenolic OH excluding ortho intramolecular Hbond substituents is 1. The summed E-state index contributed by atoms with van der Waals surface area (Å²) in [5, 5.41) is 20.5. The van der Waals surface area contributed by atoms with Crippen LogP contribution in [0.1, 0.15) is 13.8 Å². The molecule has 0 aliphatic rings. The fourth-order valence-electron chi connectivity index (χ4n) is 1.28. The maximum Gasteiger partial charge on any atom is 0.241 e. The molecule has 0 bridgehead atoms. The standard InChI is InChI=1S/C12H14N2O2/c1-8(2)11(7-13)12(16)14-9-3-5-10(15)6-4-9/h3-6,8,11,15H,1-2H3,(H,14,16). The molecule has 16 heavy (non-hydrogen) atoms. The Balaban J connectivity index is 2.71. The van der Waals surface area contributed by atoms with Crippen LogP contribution in [-0.2, 0) is 4.79 Å². The molecule has 0 fully saturated rings. The second kappa shape index (κ2) is 5.17. The monoisotopic (exact) mass is 218 g/mol. The molecular formula is C12H14N2O2. The Morgan fingerprint density at radius 2 is 1.94 bits per heavy atom. The van der Waals surface area contributed by atoms with Crippen LogP contribution in [0.3, 0.4) is 0 Å². The first-order valence-electron chi connectivity index (χ1n) is 5.04. The molecule has 84 valence electrons. The van der Waals surface area contributed by atoms with E-state index in [0.29, 0.717) is 5.69 Å².